The van der Waals surface area contributed by atoms with Gasteiger partial charge in [-0.1, -0.05) is 25.4 Å². The van der Waals surface area contributed by atoms with Crippen molar-refractivity contribution in [1.82, 2.24) is 0 Å². The quantitative estimate of drug-likeness (QED) is 0.712. The zero-order chi connectivity index (χ0) is 10.6. The number of halogens is 1. The van der Waals surface area contributed by atoms with E-state index in [2.05, 4.69) is 6.07 Å². The maximum atomic E-state index is 8.79. The minimum Gasteiger partial charge on any atom is -0.460 e. The summed E-state index contributed by atoms with van der Waals surface area (Å²) in [6, 6.07) is 5.74. The molecule has 1 rings (SSSR count). The van der Waals surface area contributed by atoms with Gasteiger partial charge in [-0.3, -0.25) is 0 Å². The summed E-state index contributed by atoms with van der Waals surface area (Å²) in [5, 5.41) is 9.21. The Balaban J connectivity index is 3.05. The molecular weight excluding hydrogens is 198 g/mol. The standard InChI is InChI=1S/C11H12ClNO/c1-3-8(7-13)11(12)10-6-5-9(4-2)14-10/h5-6H,3-4H2,1-2H3. The number of aryl methyl sites for hydroxylation is 1. The Morgan fingerprint density at radius 3 is 2.64 bits per heavy atom. The first-order chi connectivity index (χ1) is 6.72. The predicted molar refractivity (Wildman–Crippen MR) is 56.8 cm³/mol. The van der Waals surface area contributed by atoms with Crippen LogP contribution in [-0.4, -0.2) is 0 Å². The molecule has 2 nitrogen and oxygen atoms in total. The molecule has 0 aliphatic rings. The Hall–Kier alpha value is -1.20. The Labute approximate surface area is 88.8 Å². The Bertz CT molecular complexity index is 384. The maximum absolute atomic E-state index is 8.79. The van der Waals surface area contributed by atoms with Gasteiger partial charge in [0.25, 0.3) is 0 Å². The van der Waals surface area contributed by atoms with E-state index in [1.54, 1.807) is 6.07 Å². The largest absolute Gasteiger partial charge is 0.460 e. The number of furan rings is 1. The number of nitriles is 1. The second kappa shape index (κ2) is 4.88. The average molecular weight is 210 g/mol. The molecule has 14 heavy (non-hydrogen) atoms. The average Bonchev–Trinajstić information content (AvgIpc) is 2.67. The summed E-state index contributed by atoms with van der Waals surface area (Å²) in [4.78, 5) is 0. The smallest absolute Gasteiger partial charge is 0.146 e. The van der Waals surface area contributed by atoms with E-state index < -0.39 is 0 Å². The summed E-state index contributed by atoms with van der Waals surface area (Å²) in [7, 11) is 0. The van der Waals surface area contributed by atoms with Gasteiger partial charge in [-0.05, 0) is 18.6 Å². The lowest BCUT2D eigenvalue weighted by Gasteiger charge is -1.97. The third kappa shape index (κ3) is 2.18. The summed E-state index contributed by atoms with van der Waals surface area (Å²) in [6.45, 7) is 3.90. The summed E-state index contributed by atoms with van der Waals surface area (Å²) < 4.78 is 5.44. The zero-order valence-electron chi connectivity index (χ0n) is 8.30. The van der Waals surface area contributed by atoms with Crippen LogP contribution in [0.15, 0.2) is 22.1 Å². The lowest BCUT2D eigenvalue weighted by molar-refractivity contribution is 0.506. The highest BCUT2D eigenvalue weighted by atomic mass is 35.5. The van der Waals surface area contributed by atoms with Gasteiger partial charge in [0.05, 0.1) is 16.7 Å². The van der Waals surface area contributed by atoms with Crippen LogP contribution in [0.5, 0.6) is 0 Å². The summed E-state index contributed by atoms with van der Waals surface area (Å²) in [5.41, 5.74) is 0.559. The SMILES string of the molecule is CCC(C#N)=C(Cl)c1ccc(CC)o1. The van der Waals surface area contributed by atoms with Crippen molar-refractivity contribution in [3.63, 3.8) is 0 Å². The number of allylic oxidation sites excluding steroid dienone is 1. The molecule has 0 bridgehead atoms. The van der Waals surface area contributed by atoms with Gasteiger partial charge in [0.15, 0.2) is 0 Å². The maximum Gasteiger partial charge on any atom is 0.146 e. The van der Waals surface area contributed by atoms with Gasteiger partial charge < -0.3 is 4.42 Å². The topological polar surface area (TPSA) is 36.9 Å². The lowest BCUT2D eigenvalue weighted by Crippen LogP contribution is -1.80. The fourth-order valence-corrected chi connectivity index (χ4v) is 1.40. The highest BCUT2D eigenvalue weighted by molar-refractivity contribution is 6.49. The van der Waals surface area contributed by atoms with Crippen molar-refractivity contribution in [2.24, 2.45) is 0 Å². The van der Waals surface area contributed by atoms with E-state index in [-0.39, 0.29) is 0 Å². The molecule has 0 spiro atoms. The minimum absolute atomic E-state index is 0.426. The van der Waals surface area contributed by atoms with Gasteiger partial charge in [0.2, 0.25) is 0 Å². The van der Waals surface area contributed by atoms with Crippen molar-refractivity contribution in [2.75, 3.05) is 0 Å². The van der Waals surface area contributed by atoms with Crippen molar-refractivity contribution in [3.8, 4) is 6.07 Å². The number of rotatable bonds is 3. The first-order valence-corrected chi connectivity index (χ1v) is 4.98. The third-order valence-electron chi connectivity index (χ3n) is 1.98. The van der Waals surface area contributed by atoms with Crippen LogP contribution in [0, 0.1) is 11.3 Å². The van der Waals surface area contributed by atoms with Crippen molar-refractivity contribution < 1.29 is 4.42 Å². The van der Waals surface area contributed by atoms with Crippen molar-refractivity contribution >= 4 is 16.6 Å². The Morgan fingerprint density at radius 2 is 2.21 bits per heavy atom. The predicted octanol–water partition coefficient (Wildman–Crippen LogP) is 3.73. The van der Waals surface area contributed by atoms with E-state index in [0.29, 0.717) is 22.8 Å². The van der Waals surface area contributed by atoms with Crippen molar-refractivity contribution in [1.29, 1.82) is 5.26 Å². The lowest BCUT2D eigenvalue weighted by atomic mass is 10.2. The Morgan fingerprint density at radius 1 is 1.50 bits per heavy atom. The molecular formula is C11H12ClNO. The van der Waals surface area contributed by atoms with Crippen LogP contribution in [0.3, 0.4) is 0 Å². The monoisotopic (exact) mass is 209 g/mol. The molecule has 0 aliphatic carbocycles. The number of nitrogens with zero attached hydrogens (tertiary/aromatic N) is 1. The van der Waals surface area contributed by atoms with Gasteiger partial charge in [-0.25, -0.2) is 0 Å². The number of hydrogen-bond donors (Lipinski definition) is 0. The van der Waals surface area contributed by atoms with E-state index in [4.69, 9.17) is 21.3 Å². The van der Waals surface area contributed by atoms with Gasteiger partial charge in [-0.15, -0.1) is 0 Å². The Kier molecular flexibility index (Phi) is 3.79. The fraction of sp³-hybridized carbons (Fsp3) is 0.364. The van der Waals surface area contributed by atoms with Gasteiger partial charge >= 0.3 is 0 Å². The first-order valence-electron chi connectivity index (χ1n) is 4.60. The molecule has 0 atom stereocenters. The van der Waals surface area contributed by atoms with E-state index in [9.17, 15) is 0 Å². The van der Waals surface area contributed by atoms with Crippen LogP contribution in [0.4, 0.5) is 0 Å². The summed E-state index contributed by atoms with van der Waals surface area (Å²) in [6.07, 6.45) is 1.45. The fourth-order valence-electron chi connectivity index (χ4n) is 1.12. The molecule has 0 amide bonds. The van der Waals surface area contributed by atoms with Gasteiger partial charge in [0, 0.05) is 6.42 Å². The van der Waals surface area contributed by atoms with Crippen LogP contribution in [0.2, 0.25) is 0 Å². The first kappa shape index (κ1) is 10.9. The normalized spacial score (nSPS) is 12.1. The second-order valence-electron chi connectivity index (χ2n) is 2.88. The molecule has 0 aliphatic heterocycles. The van der Waals surface area contributed by atoms with Crippen LogP contribution in [-0.2, 0) is 6.42 Å². The molecule has 3 heteroatoms. The minimum atomic E-state index is 0.426. The zero-order valence-corrected chi connectivity index (χ0v) is 9.06. The molecule has 0 saturated carbocycles. The van der Waals surface area contributed by atoms with E-state index in [0.717, 1.165) is 12.2 Å². The molecule has 0 N–H and O–H groups in total. The molecule has 0 aromatic carbocycles. The molecule has 0 radical (unpaired) electrons. The van der Waals surface area contributed by atoms with Crippen molar-refractivity contribution in [2.45, 2.75) is 26.7 Å². The summed E-state index contributed by atoms with van der Waals surface area (Å²) >= 11 is 6.01. The van der Waals surface area contributed by atoms with Gasteiger partial charge in [0.1, 0.15) is 11.5 Å². The molecule has 0 saturated heterocycles. The summed E-state index contributed by atoms with van der Waals surface area (Å²) in [5.74, 6) is 1.47. The molecule has 1 aromatic rings. The van der Waals surface area contributed by atoms with E-state index in [1.807, 2.05) is 19.9 Å². The van der Waals surface area contributed by atoms with Gasteiger partial charge in [-0.2, -0.15) is 5.26 Å². The van der Waals surface area contributed by atoms with Crippen LogP contribution >= 0.6 is 11.6 Å². The van der Waals surface area contributed by atoms with Crippen LogP contribution in [0.25, 0.3) is 5.03 Å². The number of hydrogen-bond acceptors (Lipinski definition) is 2. The van der Waals surface area contributed by atoms with Crippen molar-refractivity contribution in [3.05, 3.63) is 29.2 Å². The molecule has 1 aromatic heterocycles. The molecule has 1 heterocycles. The second-order valence-corrected chi connectivity index (χ2v) is 3.26. The van der Waals surface area contributed by atoms with E-state index in [1.165, 1.54) is 0 Å². The molecule has 0 fully saturated rings. The molecule has 74 valence electrons. The highest BCUT2D eigenvalue weighted by Gasteiger charge is 2.09. The highest BCUT2D eigenvalue weighted by Crippen LogP contribution is 2.26. The third-order valence-corrected chi connectivity index (χ3v) is 2.39. The van der Waals surface area contributed by atoms with Crippen LogP contribution in [0.1, 0.15) is 31.8 Å². The van der Waals surface area contributed by atoms with Crippen LogP contribution < -0.4 is 0 Å². The molecule has 0 unspecified atom stereocenters. The van der Waals surface area contributed by atoms with E-state index >= 15 is 0 Å².